The van der Waals surface area contributed by atoms with Gasteiger partial charge in [0.2, 0.25) is 0 Å². The topological polar surface area (TPSA) is 35.9 Å². The summed E-state index contributed by atoms with van der Waals surface area (Å²) in [7, 11) is 1.73. The monoisotopic (exact) mass is 330 g/mol. The molecule has 1 unspecified atom stereocenters. The number of nitrogens with zero attached hydrogens (tertiary/aromatic N) is 2. The summed E-state index contributed by atoms with van der Waals surface area (Å²) in [5.41, 5.74) is 2.46. The Hall–Kier alpha value is -1.52. The smallest absolute Gasteiger partial charge is 0.142 e. The highest BCUT2D eigenvalue weighted by molar-refractivity contribution is 5.58. The maximum atomic E-state index is 10.4. The molecule has 1 fully saturated rings. The first-order valence-corrected chi connectivity index (χ1v) is 9.25. The van der Waals surface area contributed by atoms with E-state index in [1.165, 1.54) is 24.1 Å². The summed E-state index contributed by atoms with van der Waals surface area (Å²) >= 11 is 0. The molecule has 1 atom stereocenters. The van der Waals surface area contributed by atoms with E-state index < -0.39 is 0 Å². The fourth-order valence-electron chi connectivity index (χ4n) is 3.76. The molecule has 0 amide bonds. The van der Waals surface area contributed by atoms with Crippen molar-refractivity contribution in [3.8, 4) is 5.75 Å². The molecule has 2 aliphatic rings. The van der Waals surface area contributed by atoms with E-state index in [9.17, 15) is 5.11 Å². The van der Waals surface area contributed by atoms with Crippen LogP contribution in [0.15, 0.2) is 35.9 Å². The van der Waals surface area contributed by atoms with Gasteiger partial charge in [0.1, 0.15) is 5.75 Å². The Kier molecular flexibility index (Phi) is 6.16. The summed E-state index contributed by atoms with van der Waals surface area (Å²) in [5, 5.41) is 10.4. The first-order chi connectivity index (χ1) is 11.8. The van der Waals surface area contributed by atoms with E-state index in [2.05, 4.69) is 28.0 Å². The van der Waals surface area contributed by atoms with Gasteiger partial charge in [-0.2, -0.15) is 0 Å². The Morgan fingerprint density at radius 1 is 1.12 bits per heavy atom. The average molecular weight is 330 g/mol. The summed E-state index contributed by atoms with van der Waals surface area (Å²) < 4.78 is 5.48. The normalized spacial score (nSPS) is 20.6. The minimum atomic E-state index is -0.238. The van der Waals surface area contributed by atoms with Crippen molar-refractivity contribution < 1.29 is 9.84 Å². The maximum Gasteiger partial charge on any atom is 0.142 e. The molecule has 0 aromatic heterocycles. The Labute approximate surface area is 145 Å². The number of benzene rings is 1. The lowest BCUT2D eigenvalue weighted by Gasteiger charge is -2.37. The molecule has 1 heterocycles. The predicted octanol–water partition coefficient (Wildman–Crippen LogP) is 3.07. The summed E-state index contributed by atoms with van der Waals surface area (Å²) in [6.07, 6.45) is 7.63. The van der Waals surface area contributed by atoms with Crippen LogP contribution in [-0.4, -0.2) is 55.9 Å². The maximum absolute atomic E-state index is 10.4. The third-order valence-corrected chi connectivity index (χ3v) is 5.27. The molecular weight excluding hydrogens is 300 g/mol. The molecule has 132 valence electrons. The first-order valence-electron chi connectivity index (χ1n) is 9.25. The Morgan fingerprint density at radius 3 is 2.62 bits per heavy atom. The highest BCUT2D eigenvalue weighted by Gasteiger charge is 2.21. The van der Waals surface area contributed by atoms with Gasteiger partial charge in [0.25, 0.3) is 0 Å². The zero-order valence-corrected chi connectivity index (χ0v) is 14.8. The van der Waals surface area contributed by atoms with Crippen LogP contribution in [0, 0.1) is 0 Å². The lowest BCUT2D eigenvalue weighted by molar-refractivity contribution is 0.160. The molecule has 3 rings (SSSR count). The van der Waals surface area contributed by atoms with Crippen molar-refractivity contribution in [1.29, 1.82) is 0 Å². The SMILES string of the molecule is COc1ccccc1N1CCN(CCC(O)C2=CCCCC2)CC1. The number of aliphatic hydroxyl groups excluding tert-OH is 1. The van der Waals surface area contributed by atoms with Crippen LogP contribution in [0.5, 0.6) is 5.75 Å². The van der Waals surface area contributed by atoms with Crippen molar-refractivity contribution in [2.45, 2.75) is 38.2 Å². The Balaban J connectivity index is 1.46. The van der Waals surface area contributed by atoms with Crippen LogP contribution in [0.2, 0.25) is 0 Å². The first kappa shape index (κ1) is 17.3. The molecule has 0 spiro atoms. The number of hydrogen-bond acceptors (Lipinski definition) is 4. The number of ether oxygens (including phenoxy) is 1. The van der Waals surface area contributed by atoms with Crippen LogP contribution in [0.1, 0.15) is 32.1 Å². The van der Waals surface area contributed by atoms with Crippen molar-refractivity contribution in [1.82, 2.24) is 4.90 Å². The fraction of sp³-hybridized carbons (Fsp3) is 0.600. The number of para-hydroxylation sites is 2. The van der Waals surface area contributed by atoms with E-state index in [-0.39, 0.29) is 6.10 Å². The second kappa shape index (κ2) is 8.54. The molecule has 0 radical (unpaired) electrons. The van der Waals surface area contributed by atoms with E-state index in [1.54, 1.807) is 7.11 Å². The van der Waals surface area contributed by atoms with E-state index >= 15 is 0 Å². The average Bonchev–Trinajstić information content (AvgIpc) is 2.67. The number of allylic oxidation sites excluding steroid dienone is 1. The second-order valence-corrected chi connectivity index (χ2v) is 6.83. The Bertz CT molecular complexity index is 550. The van der Waals surface area contributed by atoms with Gasteiger partial charge < -0.3 is 14.7 Å². The van der Waals surface area contributed by atoms with Gasteiger partial charge in [-0.25, -0.2) is 0 Å². The van der Waals surface area contributed by atoms with Gasteiger partial charge >= 0.3 is 0 Å². The highest BCUT2D eigenvalue weighted by atomic mass is 16.5. The molecule has 1 aliphatic heterocycles. The van der Waals surface area contributed by atoms with E-state index in [0.717, 1.165) is 57.7 Å². The summed E-state index contributed by atoms with van der Waals surface area (Å²) in [5.74, 6) is 0.950. The number of rotatable bonds is 6. The minimum Gasteiger partial charge on any atom is -0.495 e. The molecule has 1 saturated heterocycles. The predicted molar refractivity (Wildman–Crippen MR) is 98.8 cm³/mol. The van der Waals surface area contributed by atoms with Crippen molar-refractivity contribution in [2.24, 2.45) is 0 Å². The van der Waals surface area contributed by atoms with Gasteiger partial charge in [-0.1, -0.05) is 18.2 Å². The number of anilines is 1. The minimum absolute atomic E-state index is 0.238. The number of methoxy groups -OCH3 is 1. The summed E-state index contributed by atoms with van der Waals surface area (Å²) in [6, 6.07) is 8.24. The number of hydrogen-bond donors (Lipinski definition) is 1. The fourth-order valence-corrected chi connectivity index (χ4v) is 3.76. The van der Waals surface area contributed by atoms with Crippen LogP contribution in [-0.2, 0) is 0 Å². The van der Waals surface area contributed by atoms with E-state index in [1.807, 2.05) is 12.1 Å². The van der Waals surface area contributed by atoms with E-state index in [0.29, 0.717) is 0 Å². The Morgan fingerprint density at radius 2 is 1.92 bits per heavy atom. The summed E-state index contributed by atoms with van der Waals surface area (Å²) in [6.45, 7) is 5.10. The molecule has 0 saturated carbocycles. The van der Waals surface area contributed by atoms with Gasteiger partial charge in [-0.15, -0.1) is 0 Å². The van der Waals surface area contributed by atoms with Gasteiger partial charge in [-0.3, -0.25) is 4.90 Å². The number of aliphatic hydroxyl groups is 1. The molecule has 24 heavy (non-hydrogen) atoms. The van der Waals surface area contributed by atoms with Crippen LogP contribution >= 0.6 is 0 Å². The molecule has 1 aromatic rings. The summed E-state index contributed by atoms with van der Waals surface area (Å²) in [4.78, 5) is 4.87. The molecule has 1 aliphatic carbocycles. The van der Waals surface area contributed by atoms with Gasteiger partial charge in [0.15, 0.2) is 0 Å². The lowest BCUT2D eigenvalue weighted by Crippen LogP contribution is -2.47. The zero-order chi connectivity index (χ0) is 16.8. The lowest BCUT2D eigenvalue weighted by atomic mass is 9.94. The van der Waals surface area contributed by atoms with Crippen molar-refractivity contribution >= 4 is 5.69 Å². The highest BCUT2D eigenvalue weighted by Crippen LogP contribution is 2.28. The van der Waals surface area contributed by atoms with Crippen LogP contribution in [0.4, 0.5) is 5.69 Å². The van der Waals surface area contributed by atoms with E-state index in [4.69, 9.17) is 4.74 Å². The van der Waals surface area contributed by atoms with Gasteiger partial charge in [0.05, 0.1) is 18.9 Å². The zero-order valence-electron chi connectivity index (χ0n) is 14.8. The molecule has 1 aromatic carbocycles. The van der Waals surface area contributed by atoms with Crippen molar-refractivity contribution in [2.75, 3.05) is 44.7 Å². The molecule has 0 bridgehead atoms. The standard InChI is InChI=1S/C20H30N2O2/c1-24-20-10-6-5-9-18(20)22-15-13-21(14-16-22)12-11-19(23)17-7-3-2-4-8-17/h5-7,9-10,19,23H,2-4,8,11-16H2,1H3. The third-order valence-electron chi connectivity index (χ3n) is 5.27. The van der Waals surface area contributed by atoms with Gasteiger partial charge in [-0.05, 0) is 49.8 Å². The molecule has 4 heteroatoms. The second-order valence-electron chi connectivity index (χ2n) is 6.83. The molecule has 1 N–H and O–H groups in total. The third kappa shape index (κ3) is 4.31. The van der Waals surface area contributed by atoms with Crippen LogP contribution < -0.4 is 9.64 Å². The largest absolute Gasteiger partial charge is 0.495 e. The number of piperazine rings is 1. The van der Waals surface area contributed by atoms with Crippen LogP contribution in [0.3, 0.4) is 0 Å². The van der Waals surface area contributed by atoms with Gasteiger partial charge in [0, 0.05) is 32.7 Å². The van der Waals surface area contributed by atoms with Crippen molar-refractivity contribution in [3.05, 3.63) is 35.9 Å². The van der Waals surface area contributed by atoms with Crippen LogP contribution in [0.25, 0.3) is 0 Å². The quantitative estimate of drug-likeness (QED) is 0.813. The molecule has 4 nitrogen and oxygen atoms in total. The molecular formula is C20H30N2O2. The van der Waals surface area contributed by atoms with Crippen molar-refractivity contribution in [3.63, 3.8) is 0 Å².